The normalized spacial score (nSPS) is 19.0. The fourth-order valence-electron chi connectivity index (χ4n) is 3.66. The summed E-state index contributed by atoms with van der Waals surface area (Å²) in [4.78, 5) is 12.1. The largest absolute Gasteiger partial charge is 0.357 e. The molecule has 1 aliphatic carbocycles. The molecule has 2 heterocycles. The zero-order chi connectivity index (χ0) is 17.5. The SMILES string of the molecule is CCNC(=NCC1(CC)CCC1)NCCc1csc(N2CCCC2)n1.I. The molecule has 1 saturated heterocycles. The number of halogens is 1. The molecule has 0 aromatic carbocycles. The highest BCUT2D eigenvalue weighted by Crippen LogP contribution is 2.43. The molecule has 2 fully saturated rings. The van der Waals surface area contributed by atoms with E-state index < -0.39 is 0 Å². The Bertz CT molecular complexity index is 559. The quantitative estimate of drug-likeness (QED) is 0.328. The molecule has 0 radical (unpaired) electrons. The van der Waals surface area contributed by atoms with Crippen molar-refractivity contribution in [2.24, 2.45) is 10.4 Å². The average Bonchev–Trinajstić information content (AvgIpc) is 3.25. The van der Waals surface area contributed by atoms with Gasteiger partial charge >= 0.3 is 0 Å². The van der Waals surface area contributed by atoms with E-state index in [-0.39, 0.29) is 24.0 Å². The first-order valence-corrected chi connectivity index (χ1v) is 10.8. The van der Waals surface area contributed by atoms with Gasteiger partial charge in [-0.1, -0.05) is 13.3 Å². The lowest BCUT2D eigenvalue weighted by atomic mass is 9.67. The molecule has 5 nitrogen and oxygen atoms in total. The first kappa shape index (κ1) is 21.7. The van der Waals surface area contributed by atoms with Gasteiger partial charge in [0.05, 0.1) is 5.69 Å². The number of aliphatic imine (C=N–C) groups is 1. The van der Waals surface area contributed by atoms with Crippen molar-refractivity contribution < 1.29 is 0 Å². The molecule has 7 heteroatoms. The molecule has 1 aromatic rings. The molecular formula is C19H34IN5S. The lowest BCUT2D eigenvalue weighted by Gasteiger charge is -2.40. The second-order valence-corrected chi connectivity index (χ2v) is 8.23. The van der Waals surface area contributed by atoms with Crippen molar-refractivity contribution in [3.8, 4) is 0 Å². The van der Waals surface area contributed by atoms with Gasteiger partial charge in [0.1, 0.15) is 0 Å². The van der Waals surface area contributed by atoms with Crippen LogP contribution in [-0.4, -0.2) is 43.7 Å². The van der Waals surface area contributed by atoms with E-state index >= 15 is 0 Å². The summed E-state index contributed by atoms with van der Waals surface area (Å²) in [5.41, 5.74) is 1.67. The molecule has 26 heavy (non-hydrogen) atoms. The van der Waals surface area contributed by atoms with Crippen LogP contribution in [0.1, 0.15) is 58.1 Å². The Hall–Kier alpha value is -0.570. The van der Waals surface area contributed by atoms with Gasteiger partial charge < -0.3 is 15.5 Å². The van der Waals surface area contributed by atoms with Gasteiger partial charge in [0.2, 0.25) is 0 Å². The molecule has 0 spiro atoms. The average molecular weight is 491 g/mol. The summed E-state index contributed by atoms with van der Waals surface area (Å²) in [5, 5.41) is 10.3. The molecule has 0 bridgehead atoms. The lowest BCUT2D eigenvalue weighted by Crippen LogP contribution is -2.40. The van der Waals surface area contributed by atoms with E-state index in [0.29, 0.717) is 5.41 Å². The van der Waals surface area contributed by atoms with Crippen LogP contribution >= 0.6 is 35.3 Å². The molecule has 1 saturated carbocycles. The number of rotatable bonds is 8. The fourth-order valence-corrected chi connectivity index (χ4v) is 4.58. The Labute approximate surface area is 179 Å². The summed E-state index contributed by atoms with van der Waals surface area (Å²) in [7, 11) is 0. The molecule has 3 rings (SSSR count). The molecular weight excluding hydrogens is 457 g/mol. The molecule has 1 aromatic heterocycles. The lowest BCUT2D eigenvalue weighted by molar-refractivity contribution is 0.139. The summed E-state index contributed by atoms with van der Waals surface area (Å²) in [5.74, 6) is 0.956. The molecule has 0 atom stereocenters. The van der Waals surface area contributed by atoms with Crippen LogP contribution in [0.4, 0.5) is 5.13 Å². The van der Waals surface area contributed by atoms with Crippen molar-refractivity contribution >= 4 is 46.4 Å². The first-order chi connectivity index (χ1) is 12.2. The van der Waals surface area contributed by atoms with E-state index in [0.717, 1.165) is 32.0 Å². The fraction of sp³-hybridized carbons (Fsp3) is 0.789. The van der Waals surface area contributed by atoms with Gasteiger partial charge in [0, 0.05) is 44.5 Å². The Morgan fingerprint density at radius 1 is 1.23 bits per heavy atom. The van der Waals surface area contributed by atoms with Gasteiger partial charge in [0.25, 0.3) is 0 Å². The Morgan fingerprint density at radius 2 is 2.00 bits per heavy atom. The van der Waals surface area contributed by atoms with Gasteiger partial charge in [-0.05, 0) is 44.4 Å². The predicted molar refractivity (Wildman–Crippen MR) is 123 cm³/mol. The van der Waals surface area contributed by atoms with E-state index in [1.807, 2.05) is 0 Å². The minimum Gasteiger partial charge on any atom is -0.357 e. The highest BCUT2D eigenvalue weighted by molar-refractivity contribution is 14.0. The van der Waals surface area contributed by atoms with E-state index in [9.17, 15) is 0 Å². The van der Waals surface area contributed by atoms with Gasteiger partial charge in [-0.2, -0.15) is 0 Å². The predicted octanol–water partition coefficient (Wildman–Crippen LogP) is 4.04. The summed E-state index contributed by atoms with van der Waals surface area (Å²) in [6, 6.07) is 0. The number of aromatic nitrogens is 1. The molecule has 0 unspecified atom stereocenters. The number of nitrogens with one attached hydrogen (secondary N) is 2. The third kappa shape index (κ3) is 5.71. The van der Waals surface area contributed by atoms with Crippen LogP contribution in [0.2, 0.25) is 0 Å². The topological polar surface area (TPSA) is 52.6 Å². The first-order valence-electron chi connectivity index (χ1n) is 9.96. The van der Waals surface area contributed by atoms with E-state index in [2.05, 4.69) is 34.8 Å². The number of hydrogen-bond acceptors (Lipinski definition) is 4. The van der Waals surface area contributed by atoms with Crippen molar-refractivity contribution in [3.63, 3.8) is 0 Å². The van der Waals surface area contributed by atoms with Crippen LogP contribution in [0, 0.1) is 5.41 Å². The number of anilines is 1. The Balaban J connectivity index is 0.00000243. The highest BCUT2D eigenvalue weighted by Gasteiger charge is 2.34. The summed E-state index contributed by atoms with van der Waals surface area (Å²) in [6.45, 7) is 9.50. The van der Waals surface area contributed by atoms with E-state index in [4.69, 9.17) is 9.98 Å². The molecule has 0 amide bonds. The second-order valence-electron chi connectivity index (χ2n) is 7.39. The summed E-state index contributed by atoms with van der Waals surface area (Å²) < 4.78 is 0. The molecule has 2 aliphatic rings. The Morgan fingerprint density at radius 3 is 2.62 bits per heavy atom. The summed E-state index contributed by atoms with van der Waals surface area (Å²) >= 11 is 1.78. The van der Waals surface area contributed by atoms with E-state index in [1.54, 1.807) is 11.3 Å². The number of nitrogens with zero attached hydrogens (tertiary/aromatic N) is 3. The van der Waals surface area contributed by atoms with Crippen LogP contribution in [-0.2, 0) is 6.42 Å². The third-order valence-electron chi connectivity index (χ3n) is 5.67. The van der Waals surface area contributed by atoms with Crippen molar-refractivity contribution in [1.29, 1.82) is 0 Å². The second kappa shape index (κ2) is 10.7. The van der Waals surface area contributed by atoms with Crippen molar-refractivity contribution in [2.75, 3.05) is 37.6 Å². The van der Waals surface area contributed by atoms with Crippen LogP contribution in [0.5, 0.6) is 0 Å². The van der Waals surface area contributed by atoms with Crippen LogP contribution < -0.4 is 15.5 Å². The van der Waals surface area contributed by atoms with Gasteiger partial charge in [-0.25, -0.2) is 4.98 Å². The number of guanidine groups is 1. The van der Waals surface area contributed by atoms with Crippen molar-refractivity contribution in [1.82, 2.24) is 15.6 Å². The standard InChI is InChI=1S/C19H33N5S.HI/c1-3-19(9-7-10-19)15-22-17(20-4-2)21-11-8-16-14-25-18(23-16)24-12-5-6-13-24;/h14H,3-13,15H2,1-2H3,(H2,20,21,22);1H. The zero-order valence-electron chi connectivity index (χ0n) is 16.2. The maximum Gasteiger partial charge on any atom is 0.191 e. The molecule has 1 aliphatic heterocycles. The van der Waals surface area contributed by atoms with Crippen LogP contribution in [0.3, 0.4) is 0 Å². The minimum absolute atomic E-state index is 0. The molecule has 148 valence electrons. The van der Waals surface area contributed by atoms with Gasteiger partial charge in [-0.3, -0.25) is 4.99 Å². The number of hydrogen-bond donors (Lipinski definition) is 2. The van der Waals surface area contributed by atoms with Crippen molar-refractivity contribution in [2.45, 2.75) is 58.8 Å². The van der Waals surface area contributed by atoms with Crippen molar-refractivity contribution in [3.05, 3.63) is 11.1 Å². The highest BCUT2D eigenvalue weighted by atomic mass is 127. The maximum atomic E-state index is 4.85. The number of thiazole rings is 1. The van der Waals surface area contributed by atoms with Gasteiger partial charge in [0.15, 0.2) is 11.1 Å². The van der Waals surface area contributed by atoms with Gasteiger partial charge in [-0.15, -0.1) is 35.3 Å². The van der Waals surface area contributed by atoms with Crippen LogP contribution in [0.25, 0.3) is 0 Å². The molecule has 2 N–H and O–H groups in total. The Kier molecular flexibility index (Phi) is 8.93. The smallest absolute Gasteiger partial charge is 0.191 e. The summed E-state index contributed by atoms with van der Waals surface area (Å²) in [6.07, 6.45) is 8.85. The van der Waals surface area contributed by atoms with Crippen LogP contribution in [0.15, 0.2) is 10.4 Å². The maximum absolute atomic E-state index is 4.85. The van der Waals surface area contributed by atoms with E-state index in [1.165, 1.54) is 62.4 Å². The monoisotopic (exact) mass is 491 g/mol. The zero-order valence-corrected chi connectivity index (χ0v) is 19.4. The third-order valence-corrected chi connectivity index (χ3v) is 6.62. The minimum atomic E-state index is 0.